The van der Waals surface area contributed by atoms with Gasteiger partial charge in [0.1, 0.15) is 17.3 Å². The number of hydrogen-bond donors (Lipinski definition) is 0. The Balaban J connectivity index is 1.72. The molecule has 0 saturated heterocycles. The van der Waals surface area contributed by atoms with E-state index in [1.54, 1.807) is 16.2 Å². The number of hydrogen-bond acceptors (Lipinski definition) is 4. The van der Waals surface area contributed by atoms with E-state index in [4.69, 9.17) is 4.84 Å². The third-order valence-electron chi connectivity index (χ3n) is 4.37. The zero-order valence-electron chi connectivity index (χ0n) is 16.2. The van der Waals surface area contributed by atoms with E-state index in [9.17, 15) is 13.6 Å². The number of oxime groups is 1. The van der Waals surface area contributed by atoms with Gasteiger partial charge in [-0.25, -0.2) is 8.78 Å². The van der Waals surface area contributed by atoms with Crippen molar-refractivity contribution in [3.63, 3.8) is 0 Å². The Morgan fingerprint density at radius 1 is 1.32 bits per heavy atom. The SMILES string of the molecule is CC(C)(C)CC(=O)N(Cc1ccc(F)cc1F)C[C@H]1CC(c2cccs2)=NO1. The van der Waals surface area contributed by atoms with Crippen molar-refractivity contribution < 1.29 is 18.4 Å². The first-order valence-corrected chi connectivity index (χ1v) is 10.1. The molecule has 1 aliphatic heterocycles. The van der Waals surface area contributed by atoms with Gasteiger partial charge in [-0.1, -0.05) is 38.1 Å². The van der Waals surface area contributed by atoms with Crippen LogP contribution in [0.25, 0.3) is 0 Å². The number of rotatable bonds is 6. The second-order valence-corrected chi connectivity index (χ2v) is 9.14. The first-order chi connectivity index (χ1) is 13.2. The second kappa shape index (κ2) is 8.39. The molecule has 2 heterocycles. The molecule has 28 heavy (non-hydrogen) atoms. The molecule has 1 aromatic heterocycles. The van der Waals surface area contributed by atoms with E-state index in [-0.39, 0.29) is 29.5 Å². The van der Waals surface area contributed by atoms with Crippen molar-refractivity contribution in [1.29, 1.82) is 0 Å². The fraction of sp³-hybridized carbons (Fsp3) is 0.429. The standard InChI is InChI=1S/C21H24F2N2O2S/c1-21(2,3)11-20(26)25(12-14-6-7-15(22)9-17(14)23)13-16-10-18(24-27-16)19-5-4-8-28-19/h4-9,16H,10-13H2,1-3H3/t16-/m1/s1. The quantitative estimate of drug-likeness (QED) is 0.679. The van der Waals surface area contributed by atoms with Crippen LogP contribution in [0.5, 0.6) is 0 Å². The van der Waals surface area contributed by atoms with Gasteiger partial charge in [0, 0.05) is 31.0 Å². The summed E-state index contributed by atoms with van der Waals surface area (Å²) in [6.45, 7) is 6.29. The molecule has 1 amide bonds. The first-order valence-electron chi connectivity index (χ1n) is 9.19. The lowest BCUT2D eigenvalue weighted by Gasteiger charge is -2.28. The number of carbonyl (C=O) groups is 1. The molecule has 0 spiro atoms. The van der Waals surface area contributed by atoms with Crippen molar-refractivity contribution in [1.82, 2.24) is 4.90 Å². The van der Waals surface area contributed by atoms with Crippen molar-refractivity contribution in [2.45, 2.75) is 46.3 Å². The predicted molar refractivity (Wildman–Crippen MR) is 106 cm³/mol. The largest absolute Gasteiger partial charge is 0.390 e. The van der Waals surface area contributed by atoms with E-state index < -0.39 is 11.6 Å². The molecule has 0 bridgehead atoms. The number of nitrogens with zero attached hydrogens (tertiary/aromatic N) is 2. The molecule has 2 aromatic rings. The minimum Gasteiger partial charge on any atom is -0.390 e. The summed E-state index contributed by atoms with van der Waals surface area (Å²) in [6, 6.07) is 7.35. The van der Waals surface area contributed by atoms with Gasteiger partial charge in [0.2, 0.25) is 5.91 Å². The third kappa shape index (κ3) is 5.38. The van der Waals surface area contributed by atoms with Crippen molar-refractivity contribution in [2.75, 3.05) is 6.54 Å². The zero-order valence-corrected chi connectivity index (χ0v) is 17.1. The molecule has 4 nitrogen and oxygen atoms in total. The lowest BCUT2D eigenvalue weighted by molar-refractivity contribution is -0.135. The molecule has 0 aliphatic carbocycles. The van der Waals surface area contributed by atoms with Crippen LogP contribution >= 0.6 is 11.3 Å². The summed E-state index contributed by atoms with van der Waals surface area (Å²) in [7, 11) is 0. The molecule has 0 unspecified atom stereocenters. The van der Waals surface area contributed by atoms with Crippen LogP contribution in [0, 0.1) is 17.0 Å². The highest BCUT2D eigenvalue weighted by Gasteiger charge is 2.29. The second-order valence-electron chi connectivity index (χ2n) is 8.19. The van der Waals surface area contributed by atoms with Gasteiger partial charge in [-0.15, -0.1) is 11.3 Å². The molecule has 0 radical (unpaired) electrons. The number of halogens is 2. The molecule has 0 fully saturated rings. The Morgan fingerprint density at radius 2 is 2.11 bits per heavy atom. The molecule has 1 aliphatic rings. The normalized spacial score (nSPS) is 16.6. The fourth-order valence-electron chi connectivity index (χ4n) is 3.04. The summed E-state index contributed by atoms with van der Waals surface area (Å²) < 4.78 is 27.4. The average molecular weight is 406 g/mol. The third-order valence-corrected chi connectivity index (χ3v) is 5.29. The van der Waals surface area contributed by atoms with Gasteiger partial charge in [0.25, 0.3) is 0 Å². The number of carbonyl (C=O) groups excluding carboxylic acids is 1. The highest BCUT2D eigenvalue weighted by Crippen LogP contribution is 2.25. The minimum absolute atomic E-state index is 0.0647. The van der Waals surface area contributed by atoms with Gasteiger partial charge < -0.3 is 9.74 Å². The highest BCUT2D eigenvalue weighted by atomic mass is 32.1. The lowest BCUT2D eigenvalue weighted by Crippen LogP contribution is -2.39. The van der Waals surface area contributed by atoms with Crippen LogP contribution in [0.2, 0.25) is 0 Å². The molecule has 7 heteroatoms. The van der Waals surface area contributed by atoms with Crippen molar-refractivity contribution in [3.05, 3.63) is 57.8 Å². The summed E-state index contributed by atoms with van der Waals surface area (Å²) in [4.78, 5) is 21.0. The van der Waals surface area contributed by atoms with Crippen LogP contribution in [0.15, 0.2) is 40.9 Å². The maximum absolute atomic E-state index is 14.1. The monoisotopic (exact) mass is 406 g/mol. The summed E-state index contributed by atoms with van der Waals surface area (Å²) in [5.41, 5.74) is 0.934. The van der Waals surface area contributed by atoms with Crippen molar-refractivity contribution >= 4 is 23.0 Å². The van der Waals surface area contributed by atoms with Gasteiger partial charge in [0.15, 0.2) is 6.10 Å². The molecule has 0 saturated carbocycles. The van der Waals surface area contributed by atoms with Gasteiger partial charge in [-0.2, -0.15) is 0 Å². The van der Waals surface area contributed by atoms with Crippen LogP contribution in [0.1, 0.15) is 44.1 Å². The molecule has 1 atom stereocenters. The van der Waals surface area contributed by atoms with E-state index in [2.05, 4.69) is 5.16 Å². The van der Waals surface area contributed by atoms with E-state index in [1.807, 2.05) is 38.3 Å². The van der Waals surface area contributed by atoms with E-state index in [1.165, 1.54) is 12.1 Å². The maximum Gasteiger partial charge on any atom is 0.223 e. The smallest absolute Gasteiger partial charge is 0.223 e. The van der Waals surface area contributed by atoms with Crippen molar-refractivity contribution in [2.24, 2.45) is 10.6 Å². The van der Waals surface area contributed by atoms with Crippen LogP contribution in [-0.2, 0) is 16.2 Å². The summed E-state index contributed by atoms with van der Waals surface area (Å²) in [6.07, 6.45) is 0.622. The number of amides is 1. The Kier molecular flexibility index (Phi) is 6.13. The molecule has 0 N–H and O–H groups in total. The highest BCUT2D eigenvalue weighted by molar-refractivity contribution is 7.12. The molecule has 150 valence electrons. The zero-order chi connectivity index (χ0) is 20.3. The predicted octanol–water partition coefficient (Wildman–Crippen LogP) is 4.98. The molecule has 3 rings (SSSR count). The van der Waals surface area contributed by atoms with Crippen LogP contribution in [0.4, 0.5) is 8.78 Å². The van der Waals surface area contributed by atoms with Crippen LogP contribution < -0.4 is 0 Å². The molecule has 1 aromatic carbocycles. The Labute approximate surface area is 167 Å². The summed E-state index contributed by atoms with van der Waals surface area (Å²) in [5, 5.41) is 6.12. The van der Waals surface area contributed by atoms with Crippen LogP contribution in [-0.4, -0.2) is 29.2 Å². The van der Waals surface area contributed by atoms with E-state index in [0.29, 0.717) is 19.4 Å². The Bertz CT molecular complexity index is 860. The first kappa shape index (κ1) is 20.5. The minimum atomic E-state index is -0.656. The van der Waals surface area contributed by atoms with Crippen LogP contribution in [0.3, 0.4) is 0 Å². The van der Waals surface area contributed by atoms with Gasteiger partial charge in [0.05, 0.1) is 11.4 Å². The molecular formula is C21H24F2N2O2S. The summed E-state index contributed by atoms with van der Waals surface area (Å²) in [5.74, 6) is -1.39. The Hall–Kier alpha value is -2.28. The number of thiophene rings is 1. The fourth-order valence-corrected chi connectivity index (χ4v) is 3.75. The number of benzene rings is 1. The van der Waals surface area contributed by atoms with E-state index >= 15 is 0 Å². The maximum atomic E-state index is 14.1. The lowest BCUT2D eigenvalue weighted by atomic mass is 9.91. The average Bonchev–Trinajstić information content (AvgIpc) is 3.26. The van der Waals surface area contributed by atoms with E-state index in [0.717, 1.165) is 16.7 Å². The van der Waals surface area contributed by atoms with Crippen molar-refractivity contribution in [3.8, 4) is 0 Å². The van der Waals surface area contributed by atoms with Gasteiger partial charge >= 0.3 is 0 Å². The topological polar surface area (TPSA) is 41.9 Å². The Morgan fingerprint density at radius 3 is 2.75 bits per heavy atom. The van der Waals surface area contributed by atoms with Gasteiger partial charge in [-0.3, -0.25) is 4.79 Å². The van der Waals surface area contributed by atoms with Gasteiger partial charge in [-0.05, 0) is 22.9 Å². The summed E-state index contributed by atoms with van der Waals surface area (Å²) >= 11 is 1.58. The molecular weight excluding hydrogens is 382 g/mol.